The summed E-state index contributed by atoms with van der Waals surface area (Å²) in [7, 11) is 0. The molecule has 1 aliphatic heterocycles. The molecule has 0 spiro atoms. The maximum Gasteiger partial charge on any atom is 0.292 e. The minimum Gasteiger partial charge on any atom is -0.502 e. The van der Waals surface area contributed by atoms with Crippen LogP contribution in [0, 0.1) is 6.92 Å². The Morgan fingerprint density at radius 1 is 1.40 bits per heavy atom. The number of aliphatic hydroxyl groups excluding tert-OH is 1. The van der Waals surface area contributed by atoms with Crippen LogP contribution in [0.25, 0.3) is 0 Å². The lowest BCUT2D eigenvalue weighted by Gasteiger charge is -2.44. The summed E-state index contributed by atoms with van der Waals surface area (Å²) in [6, 6.07) is 8.59. The van der Waals surface area contributed by atoms with E-state index in [-0.39, 0.29) is 23.9 Å². The van der Waals surface area contributed by atoms with Gasteiger partial charge in [-0.2, -0.15) is 0 Å². The van der Waals surface area contributed by atoms with Crippen LogP contribution in [-0.4, -0.2) is 28.1 Å². The van der Waals surface area contributed by atoms with Crippen molar-refractivity contribution in [2.75, 3.05) is 0 Å². The van der Waals surface area contributed by atoms with Crippen molar-refractivity contribution < 1.29 is 9.90 Å². The molecule has 20 heavy (non-hydrogen) atoms. The van der Waals surface area contributed by atoms with Gasteiger partial charge in [-0.1, -0.05) is 29.8 Å². The van der Waals surface area contributed by atoms with E-state index in [0.717, 1.165) is 25.7 Å². The van der Waals surface area contributed by atoms with Gasteiger partial charge in [0.15, 0.2) is 5.76 Å². The van der Waals surface area contributed by atoms with Crippen LogP contribution in [-0.2, 0) is 11.2 Å². The molecule has 106 valence electrons. The molecule has 1 fully saturated rings. The molecule has 1 aromatic carbocycles. The van der Waals surface area contributed by atoms with Gasteiger partial charge < -0.3 is 15.3 Å². The third-order valence-electron chi connectivity index (χ3n) is 4.18. The van der Waals surface area contributed by atoms with Crippen molar-refractivity contribution in [2.24, 2.45) is 0 Å². The Morgan fingerprint density at radius 2 is 2.20 bits per heavy atom. The average molecular weight is 272 g/mol. The van der Waals surface area contributed by atoms with E-state index < -0.39 is 0 Å². The van der Waals surface area contributed by atoms with Crippen LogP contribution in [0.1, 0.15) is 30.4 Å². The predicted octanol–water partition coefficient (Wildman–Crippen LogP) is 2.25. The van der Waals surface area contributed by atoms with Crippen molar-refractivity contribution in [3.8, 4) is 0 Å². The van der Waals surface area contributed by atoms with Crippen LogP contribution in [0.4, 0.5) is 0 Å². The quantitative estimate of drug-likeness (QED) is 0.887. The van der Waals surface area contributed by atoms with E-state index >= 15 is 0 Å². The highest BCUT2D eigenvalue weighted by molar-refractivity contribution is 5.92. The molecule has 0 saturated heterocycles. The summed E-state index contributed by atoms with van der Waals surface area (Å²) >= 11 is 0. The zero-order chi connectivity index (χ0) is 14.1. The Kier molecular flexibility index (Phi) is 3.38. The number of benzene rings is 1. The Morgan fingerprint density at radius 3 is 2.85 bits per heavy atom. The molecule has 1 amide bonds. The first-order chi connectivity index (χ1) is 9.65. The number of aliphatic hydroxyl groups is 1. The summed E-state index contributed by atoms with van der Waals surface area (Å²) in [6.07, 6.45) is 5.35. The van der Waals surface area contributed by atoms with E-state index in [9.17, 15) is 9.90 Å². The normalized spacial score (nSPS) is 23.1. The van der Waals surface area contributed by atoms with Gasteiger partial charge >= 0.3 is 0 Å². The van der Waals surface area contributed by atoms with Gasteiger partial charge in [0.2, 0.25) is 0 Å². The topological polar surface area (TPSA) is 52.6 Å². The van der Waals surface area contributed by atoms with Crippen molar-refractivity contribution >= 4 is 5.91 Å². The van der Waals surface area contributed by atoms with Crippen LogP contribution in [0.15, 0.2) is 36.2 Å². The number of nitrogens with one attached hydrogen (secondary N) is 1. The van der Waals surface area contributed by atoms with E-state index in [4.69, 9.17) is 0 Å². The molecular weight excluding hydrogens is 252 g/mol. The molecule has 0 aromatic heterocycles. The van der Waals surface area contributed by atoms with E-state index in [1.165, 1.54) is 17.3 Å². The lowest BCUT2D eigenvalue weighted by atomic mass is 9.89. The zero-order valence-corrected chi connectivity index (χ0v) is 11.7. The summed E-state index contributed by atoms with van der Waals surface area (Å²) in [6.45, 7) is 2.07. The van der Waals surface area contributed by atoms with Crippen LogP contribution in [0.5, 0.6) is 0 Å². The molecule has 1 heterocycles. The van der Waals surface area contributed by atoms with Crippen molar-refractivity contribution in [1.82, 2.24) is 10.2 Å². The number of carbonyl (C=O) groups excluding carboxylic acids is 1. The Labute approximate surface area is 119 Å². The Hall–Kier alpha value is -1.97. The average Bonchev–Trinajstić information content (AvgIpc) is 2.36. The van der Waals surface area contributed by atoms with Gasteiger partial charge in [0.25, 0.3) is 5.91 Å². The first-order valence-electron chi connectivity index (χ1n) is 7.18. The second-order valence-corrected chi connectivity index (χ2v) is 5.70. The molecule has 4 nitrogen and oxygen atoms in total. The first-order valence-corrected chi connectivity index (χ1v) is 7.18. The fourth-order valence-electron chi connectivity index (χ4n) is 2.90. The molecule has 1 aromatic rings. The third kappa shape index (κ3) is 2.38. The highest BCUT2D eigenvalue weighted by Gasteiger charge is 2.37. The van der Waals surface area contributed by atoms with E-state index in [1.807, 2.05) is 11.0 Å². The van der Waals surface area contributed by atoms with Crippen molar-refractivity contribution in [3.05, 3.63) is 47.4 Å². The molecule has 1 unspecified atom stereocenters. The van der Waals surface area contributed by atoms with Gasteiger partial charge in [0.1, 0.15) is 6.17 Å². The smallest absolute Gasteiger partial charge is 0.292 e. The minimum atomic E-state index is -0.244. The van der Waals surface area contributed by atoms with Gasteiger partial charge in [-0.25, -0.2) is 0 Å². The van der Waals surface area contributed by atoms with Crippen LogP contribution < -0.4 is 5.32 Å². The standard InChI is InChI=1S/C16H20N2O2/c1-11-4-2-5-12(8-11)9-15-17-10-14(19)16(20)18(15)13-6-3-7-13/h2,4-5,8,10,13,15,17,19H,3,6-7,9H2,1H3. The van der Waals surface area contributed by atoms with E-state index in [1.54, 1.807) is 0 Å². The van der Waals surface area contributed by atoms with Gasteiger partial charge in [0.05, 0.1) is 0 Å². The first kappa shape index (κ1) is 13.0. The maximum atomic E-state index is 12.2. The zero-order valence-electron chi connectivity index (χ0n) is 11.7. The number of amides is 1. The third-order valence-corrected chi connectivity index (χ3v) is 4.18. The number of carbonyl (C=O) groups is 1. The number of hydrogen-bond donors (Lipinski definition) is 2. The van der Waals surface area contributed by atoms with Crippen LogP contribution in [0.3, 0.4) is 0 Å². The van der Waals surface area contributed by atoms with Gasteiger partial charge in [-0.3, -0.25) is 4.79 Å². The summed E-state index contributed by atoms with van der Waals surface area (Å²) in [5.41, 5.74) is 2.42. The number of aryl methyl sites for hydroxylation is 1. The van der Waals surface area contributed by atoms with E-state index in [0.29, 0.717) is 0 Å². The fourth-order valence-corrected chi connectivity index (χ4v) is 2.90. The molecule has 3 rings (SSSR count). The molecule has 0 radical (unpaired) electrons. The number of hydrogen-bond acceptors (Lipinski definition) is 3. The molecule has 2 N–H and O–H groups in total. The van der Waals surface area contributed by atoms with Gasteiger partial charge in [0, 0.05) is 18.7 Å². The van der Waals surface area contributed by atoms with Gasteiger partial charge in [-0.15, -0.1) is 0 Å². The molecule has 1 saturated carbocycles. The maximum absolute atomic E-state index is 12.2. The highest BCUT2D eigenvalue weighted by atomic mass is 16.3. The van der Waals surface area contributed by atoms with Crippen molar-refractivity contribution in [2.45, 2.75) is 44.8 Å². The summed E-state index contributed by atoms with van der Waals surface area (Å²) in [4.78, 5) is 14.0. The fraction of sp³-hybridized carbons (Fsp3) is 0.438. The second-order valence-electron chi connectivity index (χ2n) is 5.70. The summed E-state index contributed by atoms with van der Waals surface area (Å²) in [5.74, 6) is -0.427. The van der Waals surface area contributed by atoms with Crippen LogP contribution >= 0.6 is 0 Å². The monoisotopic (exact) mass is 272 g/mol. The van der Waals surface area contributed by atoms with Crippen molar-refractivity contribution in [3.63, 3.8) is 0 Å². The molecule has 1 aliphatic carbocycles. The van der Waals surface area contributed by atoms with E-state index in [2.05, 4.69) is 30.4 Å². The molecule has 1 atom stereocenters. The second kappa shape index (κ2) is 5.19. The lowest BCUT2D eigenvalue weighted by molar-refractivity contribution is -0.139. The Bertz CT molecular complexity index is 549. The van der Waals surface area contributed by atoms with Gasteiger partial charge in [-0.05, 0) is 31.7 Å². The molecular formula is C16H20N2O2. The highest BCUT2D eigenvalue weighted by Crippen LogP contribution is 2.29. The molecule has 0 bridgehead atoms. The Balaban J connectivity index is 1.81. The molecule has 4 heteroatoms. The predicted molar refractivity (Wildman–Crippen MR) is 77.0 cm³/mol. The summed E-state index contributed by atoms with van der Waals surface area (Å²) < 4.78 is 0. The molecule has 2 aliphatic rings. The van der Waals surface area contributed by atoms with Crippen LogP contribution in [0.2, 0.25) is 0 Å². The SMILES string of the molecule is Cc1cccc(CC2NC=C(O)C(=O)N2C2CCC2)c1. The largest absolute Gasteiger partial charge is 0.502 e. The van der Waals surface area contributed by atoms with Crippen molar-refractivity contribution in [1.29, 1.82) is 0 Å². The number of nitrogens with zero attached hydrogens (tertiary/aromatic N) is 1. The lowest BCUT2D eigenvalue weighted by Crippen LogP contribution is -2.58. The number of rotatable bonds is 3. The summed E-state index contributed by atoms with van der Waals surface area (Å²) in [5, 5.41) is 12.8. The minimum absolute atomic E-state index is 0.0644.